The molecular formula is C32H34N4O. The van der Waals surface area contributed by atoms with E-state index in [1.165, 1.54) is 16.9 Å². The molecule has 3 heterocycles. The Kier molecular flexibility index (Phi) is 6.89. The number of ketones is 1. The normalized spacial score (nSPS) is 16.3. The van der Waals surface area contributed by atoms with Gasteiger partial charge in [-0.3, -0.25) is 9.69 Å². The van der Waals surface area contributed by atoms with Crippen LogP contribution in [-0.4, -0.2) is 54.5 Å². The third kappa shape index (κ3) is 4.85. The molecule has 0 spiro atoms. The van der Waals surface area contributed by atoms with Crippen molar-refractivity contribution in [3.63, 3.8) is 0 Å². The van der Waals surface area contributed by atoms with Crippen molar-refractivity contribution in [3.05, 3.63) is 108 Å². The predicted octanol–water partition coefficient (Wildman–Crippen LogP) is 5.19. The van der Waals surface area contributed by atoms with Crippen molar-refractivity contribution in [2.75, 3.05) is 44.2 Å². The Bertz CT molecular complexity index is 1340. The van der Waals surface area contributed by atoms with E-state index in [0.29, 0.717) is 6.54 Å². The van der Waals surface area contributed by atoms with Gasteiger partial charge in [-0.1, -0.05) is 66.7 Å². The van der Waals surface area contributed by atoms with E-state index in [-0.39, 0.29) is 5.78 Å². The van der Waals surface area contributed by atoms with Gasteiger partial charge >= 0.3 is 0 Å². The maximum Gasteiger partial charge on any atom is 0.179 e. The number of hydrogen-bond donors (Lipinski definition) is 1. The summed E-state index contributed by atoms with van der Waals surface area (Å²) in [4.78, 5) is 19.0. The molecule has 1 N–H and O–H groups in total. The van der Waals surface area contributed by atoms with E-state index < -0.39 is 0 Å². The van der Waals surface area contributed by atoms with Crippen molar-refractivity contribution in [2.24, 2.45) is 0 Å². The first-order valence-electron chi connectivity index (χ1n) is 13.4. The molecule has 1 aromatic heterocycles. The zero-order valence-corrected chi connectivity index (χ0v) is 21.3. The van der Waals surface area contributed by atoms with Crippen LogP contribution in [0.3, 0.4) is 0 Å². The lowest BCUT2D eigenvalue weighted by Crippen LogP contribution is -2.45. The summed E-state index contributed by atoms with van der Waals surface area (Å²) in [5.41, 5.74) is 7.81. The first kappa shape index (κ1) is 23.7. The Hall–Kier alpha value is -3.67. The molecule has 2 aliphatic heterocycles. The third-order valence-corrected chi connectivity index (χ3v) is 7.61. The Morgan fingerprint density at radius 2 is 1.38 bits per heavy atom. The zero-order valence-electron chi connectivity index (χ0n) is 21.3. The first-order chi connectivity index (χ1) is 18.3. The van der Waals surface area contributed by atoms with Crippen LogP contribution in [0, 0.1) is 0 Å². The van der Waals surface area contributed by atoms with Crippen LogP contribution in [0.15, 0.2) is 91.0 Å². The van der Waals surface area contributed by atoms with Crippen molar-refractivity contribution < 1.29 is 4.79 Å². The number of piperazine rings is 1. The summed E-state index contributed by atoms with van der Waals surface area (Å²) in [6.45, 7) is 5.85. The van der Waals surface area contributed by atoms with Gasteiger partial charge in [0, 0.05) is 61.9 Å². The highest BCUT2D eigenvalue weighted by atomic mass is 16.1. The molecule has 0 amide bonds. The van der Waals surface area contributed by atoms with E-state index in [1.54, 1.807) is 0 Å². The van der Waals surface area contributed by atoms with Crippen LogP contribution in [-0.2, 0) is 13.0 Å². The summed E-state index contributed by atoms with van der Waals surface area (Å²) in [6.07, 6.45) is 1.98. The zero-order chi connectivity index (χ0) is 25.0. The lowest BCUT2D eigenvalue weighted by Gasteiger charge is -2.27. The topological polar surface area (TPSA) is 40.5 Å². The average molecular weight is 491 g/mol. The number of anilines is 1. The Labute approximate surface area is 219 Å². The molecule has 1 saturated heterocycles. The fourth-order valence-electron chi connectivity index (χ4n) is 5.85. The number of benzene rings is 3. The number of carbonyl (C=O) groups is 1. The van der Waals surface area contributed by atoms with Gasteiger partial charge < -0.3 is 14.8 Å². The van der Waals surface area contributed by atoms with Gasteiger partial charge in [0.2, 0.25) is 0 Å². The van der Waals surface area contributed by atoms with Gasteiger partial charge in [0.05, 0.1) is 17.8 Å². The van der Waals surface area contributed by atoms with E-state index in [4.69, 9.17) is 0 Å². The number of fused-ring (bicyclic) bond motifs is 1. The van der Waals surface area contributed by atoms with Crippen molar-refractivity contribution in [1.82, 2.24) is 14.8 Å². The average Bonchev–Trinajstić information content (AvgIpc) is 3.12. The molecule has 5 heteroatoms. The maximum absolute atomic E-state index is 14.3. The molecule has 0 radical (unpaired) electrons. The van der Waals surface area contributed by atoms with Crippen LogP contribution in [0.2, 0.25) is 0 Å². The van der Waals surface area contributed by atoms with E-state index in [0.717, 1.165) is 74.6 Å². The molecular weight excluding hydrogens is 456 g/mol. The quantitative estimate of drug-likeness (QED) is 0.378. The molecule has 37 heavy (non-hydrogen) atoms. The number of nitrogens with zero attached hydrogens (tertiary/aromatic N) is 3. The molecule has 5 nitrogen and oxygen atoms in total. The lowest BCUT2D eigenvalue weighted by atomic mass is 9.98. The summed E-state index contributed by atoms with van der Waals surface area (Å²) < 4.78 is 2.38. The minimum atomic E-state index is 0.224. The molecule has 0 unspecified atom stereocenters. The maximum atomic E-state index is 14.3. The first-order valence-corrected chi connectivity index (χ1v) is 13.4. The minimum absolute atomic E-state index is 0.224. The SMILES string of the molecule is O=C(CN1CCNCC1)c1c2c(n(-c3ccccc3)c1-c1ccccc1)CCCN(c1ccccc1)C2. The third-order valence-electron chi connectivity index (χ3n) is 7.61. The number of Topliss-reactive ketones (excluding diaryl/α,β-unsaturated/α-hetero) is 1. The summed E-state index contributed by atoms with van der Waals surface area (Å²) in [7, 11) is 0. The molecule has 0 atom stereocenters. The predicted molar refractivity (Wildman–Crippen MR) is 151 cm³/mol. The largest absolute Gasteiger partial charge is 0.367 e. The van der Waals surface area contributed by atoms with Gasteiger partial charge in [0.25, 0.3) is 0 Å². The molecule has 2 aliphatic rings. The van der Waals surface area contributed by atoms with Gasteiger partial charge in [-0.15, -0.1) is 0 Å². The van der Waals surface area contributed by atoms with Gasteiger partial charge in [-0.05, 0) is 42.7 Å². The second-order valence-corrected chi connectivity index (χ2v) is 10.00. The van der Waals surface area contributed by atoms with E-state index in [1.807, 2.05) is 6.07 Å². The van der Waals surface area contributed by atoms with E-state index >= 15 is 0 Å². The van der Waals surface area contributed by atoms with Crippen molar-refractivity contribution in [1.29, 1.82) is 0 Å². The standard InChI is InChI=1S/C32H34N4O/c37-30(24-34-21-18-33-19-22-34)31-28-23-35(26-13-6-2-7-14-26)20-10-17-29(28)36(27-15-8-3-9-16-27)32(31)25-11-4-1-5-12-25/h1-9,11-16,33H,10,17-24H2. The highest BCUT2D eigenvalue weighted by molar-refractivity contribution is 6.05. The number of nitrogens with one attached hydrogen (secondary N) is 1. The monoisotopic (exact) mass is 490 g/mol. The van der Waals surface area contributed by atoms with Crippen molar-refractivity contribution in [3.8, 4) is 16.9 Å². The lowest BCUT2D eigenvalue weighted by molar-refractivity contribution is 0.0921. The van der Waals surface area contributed by atoms with Crippen LogP contribution in [0.1, 0.15) is 28.0 Å². The Balaban J connectivity index is 1.55. The molecule has 0 bridgehead atoms. The molecule has 3 aromatic carbocycles. The van der Waals surface area contributed by atoms with Gasteiger partial charge in [-0.25, -0.2) is 0 Å². The second-order valence-electron chi connectivity index (χ2n) is 10.00. The van der Waals surface area contributed by atoms with Gasteiger partial charge in [0.15, 0.2) is 5.78 Å². The Morgan fingerprint density at radius 1 is 0.757 bits per heavy atom. The molecule has 0 saturated carbocycles. The summed E-state index contributed by atoms with van der Waals surface area (Å²) in [5.74, 6) is 0.224. The molecule has 0 aliphatic carbocycles. The van der Waals surface area contributed by atoms with Crippen molar-refractivity contribution in [2.45, 2.75) is 19.4 Å². The van der Waals surface area contributed by atoms with Crippen LogP contribution in [0.5, 0.6) is 0 Å². The minimum Gasteiger partial charge on any atom is -0.367 e. The summed E-state index contributed by atoms with van der Waals surface area (Å²) in [5, 5.41) is 3.41. The van der Waals surface area contributed by atoms with Crippen LogP contribution >= 0.6 is 0 Å². The fourth-order valence-corrected chi connectivity index (χ4v) is 5.85. The number of para-hydroxylation sites is 2. The van der Waals surface area contributed by atoms with Gasteiger partial charge in [-0.2, -0.15) is 0 Å². The molecule has 188 valence electrons. The van der Waals surface area contributed by atoms with Crippen LogP contribution in [0.4, 0.5) is 5.69 Å². The highest BCUT2D eigenvalue weighted by Gasteiger charge is 2.32. The molecule has 1 fully saturated rings. The second kappa shape index (κ2) is 10.8. The highest BCUT2D eigenvalue weighted by Crippen LogP contribution is 2.38. The van der Waals surface area contributed by atoms with E-state index in [9.17, 15) is 4.79 Å². The number of hydrogen-bond acceptors (Lipinski definition) is 4. The van der Waals surface area contributed by atoms with Crippen LogP contribution in [0.25, 0.3) is 16.9 Å². The summed E-state index contributed by atoms with van der Waals surface area (Å²) >= 11 is 0. The smallest absolute Gasteiger partial charge is 0.179 e. The van der Waals surface area contributed by atoms with Gasteiger partial charge in [0.1, 0.15) is 0 Å². The number of rotatable bonds is 6. The van der Waals surface area contributed by atoms with Crippen molar-refractivity contribution >= 4 is 11.5 Å². The molecule has 4 aromatic rings. The summed E-state index contributed by atoms with van der Waals surface area (Å²) in [6, 6.07) is 31.7. The van der Waals surface area contributed by atoms with E-state index in [2.05, 4.69) is 105 Å². The Morgan fingerprint density at radius 3 is 2.05 bits per heavy atom. The fraction of sp³-hybridized carbons (Fsp3) is 0.281. The molecule has 6 rings (SSSR count). The number of carbonyl (C=O) groups excluding carboxylic acids is 1. The van der Waals surface area contributed by atoms with Crippen LogP contribution < -0.4 is 10.2 Å². The number of aromatic nitrogens is 1.